The van der Waals surface area contributed by atoms with E-state index >= 15 is 0 Å². The second kappa shape index (κ2) is 6.65. The molecule has 1 aromatic rings. The van der Waals surface area contributed by atoms with Crippen molar-refractivity contribution in [1.82, 2.24) is 5.32 Å². The Hall–Kier alpha value is -1.69. The summed E-state index contributed by atoms with van der Waals surface area (Å²) < 4.78 is 28.5. The van der Waals surface area contributed by atoms with Crippen molar-refractivity contribution in [2.24, 2.45) is 11.7 Å². The first-order valence-corrected chi connectivity index (χ1v) is 6.63. The topological polar surface area (TPSA) is 64.3 Å². The Morgan fingerprint density at radius 1 is 1.45 bits per heavy atom. The van der Waals surface area contributed by atoms with Gasteiger partial charge in [-0.1, -0.05) is 6.07 Å². The number of nitrogens with two attached hydrogens (primary N) is 1. The van der Waals surface area contributed by atoms with E-state index in [4.69, 9.17) is 5.73 Å². The third kappa shape index (κ3) is 4.16. The molecule has 3 N–H and O–H groups in total. The molecule has 0 aliphatic heterocycles. The molecule has 1 aliphatic carbocycles. The first-order chi connectivity index (χ1) is 9.54. The Balaban J connectivity index is 1.88. The Kier molecular flexibility index (Phi) is 4.89. The van der Waals surface area contributed by atoms with E-state index in [-0.39, 0.29) is 17.7 Å². The van der Waals surface area contributed by atoms with E-state index in [1.807, 2.05) is 0 Å². The van der Waals surface area contributed by atoms with Gasteiger partial charge in [0.2, 0.25) is 0 Å². The summed E-state index contributed by atoms with van der Waals surface area (Å²) in [7, 11) is 0. The van der Waals surface area contributed by atoms with Crippen molar-refractivity contribution in [3.05, 3.63) is 29.8 Å². The summed E-state index contributed by atoms with van der Waals surface area (Å²) in [5.41, 5.74) is 6.12. The number of hydrogen-bond donors (Lipinski definition) is 2. The molecule has 0 radical (unpaired) electrons. The predicted molar refractivity (Wildman–Crippen MR) is 70.7 cm³/mol. The SMILES string of the molecule is NC1CCC(CNC(=O)c2cccc(OC(F)F)c2)C1. The number of rotatable bonds is 5. The number of carbonyl (C=O) groups excluding carboxylic acids is 1. The summed E-state index contributed by atoms with van der Waals surface area (Å²) in [4.78, 5) is 11.9. The lowest BCUT2D eigenvalue weighted by Gasteiger charge is -2.11. The fraction of sp³-hybridized carbons (Fsp3) is 0.500. The van der Waals surface area contributed by atoms with Crippen LogP contribution in [0, 0.1) is 5.92 Å². The lowest BCUT2D eigenvalue weighted by molar-refractivity contribution is -0.0498. The highest BCUT2D eigenvalue weighted by molar-refractivity contribution is 5.94. The zero-order valence-electron chi connectivity index (χ0n) is 11.0. The second-order valence-electron chi connectivity index (χ2n) is 5.06. The molecule has 0 spiro atoms. The van der Waals surface area contributed by atoms with E-state index in [1.54, 1.807) is 6.07 Å². The molecular formula is C14H18F2N2O2. The molecule has 1 saturated carbocycles. The number of carbonyl (C=O) groups is 1. The quantitative estimate of drug-likeness (QED) is 0.870. The van der Waals surface area contributed by atoms with Crippen molar-refractivity contribution in [1.29, 1.82) is 0 Å². The highest BCUT2D eigenvalue weighted by atomic mass is 19.3. The molecule has 0 saturated heterocycles. The van der Waals surface area contributed by atoms with Crippen LogP contribution in [0.15, 0.2) is 24.3 Å². The molecule has 1 aromatic carbocycles. The van der Waals surface area contributed by atoms with Gasteiger partial charge >= 0.3 is 6.61 Å². The largest absolute Gasteiger partial charge is 0.435 e. The van der Waals surface area contributed by atoms with E-state index in [9.17, 15) is 13.6 Å². The van der Waals surface area contributed by atoms with E-state index in [0.29, 0.717) is 18.0 Å². The molecule has 2 unspecified atom stereocenters. The fourth-order valence-corrected chi connectivity index (χ4v) is 2.45. The first-order valence-electron chi connectivity index (χ1n) is 6.63. The molecule has 110 valence electrons. The zero-order chi connectivity index (χ0) is 14.5. The minimum absolute atomic E-state index is 0.0180. The Labute approximate surface area is 116 Å². The number of halogens is 2. The van der Waals surface area contributed by atoms with Gasteiger partial charge in [-0.3, -0.25) is 4.79 Å². The molecule has 0 aromatic heterocycles. The highest BCUT2D eigenvalue weighted by Crippen LogP contribution is 2.23. The maximum atomic E-state index is 12.1. The summed E-state index contributed by atoms with van der Waals surface area (Å²) in [6, 6.07) is 5.99. The van der Waals surface area contributed by atoms with Crippen LogP contribution in [0.5, 0.6) is 5.75 Å². The minimum atomic E-state index is -2.90. The van der Waals surface area contributed by atoms with Crippen LogP contribution in [0.1, 0.15) is 29.6 Å². The van der Waals surface area contributed by atoms with E-state index in [1.165, 1.54) is 18.2 Å². The van der Waals surface area contributed by atoms with Gasteiger partial charge in [-0.05, 0) is 43.4 Å². The van der Waals surface area contributed by atoms with Gasteiger partial charge in [-0.15, -0.1) is 0 Å². The van der Waals surface area contributed by atoms with Gasteiger partial charge in [0.15, 0.2) is 0 Å². The van der Waals surface area contributed by atoms with Gasteiger partial charge in [0.05, 0.1) is 0 Å². The first kappa shape index (κ1) is 14.7. The van der Waals surface area contributed by atoms with Gasteiger partial charge in [0, 0.05) is 18.2 Å². The van der Waals surface area contributed by atoms with E-state index in [2.05, 4.69) is 10.1 Å². The van der Waals surface area contributed by atoms with Crippen LogP contribution in [0.2, 0.25) is 0 Å². The van der Waals surface area contributed by atoms with Crippen LogP contribution in [0.3, 0.4) is 0 Å². The second-order valence-corrected chi connectivity index (χ2v) is 5.06. The average molecular weight is 284 g/mol. The lowest BCUT2D eigenvalue weighted by atomic mass is 10.1. The van der Waals surface area contributed by atoms with E-state index in [0.717, 1.165) is 19.3 Å². The summed E-state index contributed by atoms with van der Waals surface area (Å²) in [5, 5.41) is 2.80. The van der Waals surface area contributed by atoms with Crippen molar-refractivity contribution in [3.63, 3.8) is 0 Å². The molecule has 0 bridgehead atoms. The van der Waals surface area contributed by atoms with Gasteiger partial charge < -0.3 is 15.8 Å². The monoisotopic (exact) mass is 284 g/mol. The van der Waals surface area contributed by atoms with Crippen LogP contribution in [-0.2, 0) is 0 Å². The lowest BCUT2D eigenvalue weighted by Crippen LogP contribution is -2.29. The molecule has 20 heavy (non-hydrogen) atoms. The normalized spacial score (nSPS) is 22.0. The maximum absolute atomic E-state index is 12.1. The van der Waals surface area contributed by atoms with Crippen LogP contribution >= 0.6 is 0 Å². The minimum Gasteiger partial charge on any atom is -0.435 e. The highest BCUT2D eigenvalue weighted by Gasteiger charge is 2.22. The van der Waals surface area contributed by atoms with Crippen molar-refractivity contribution in [3.8, 4) is 5.75 Å². The van der Waals surface area contributed by atoms with Crippen LogP contribution in [-0.4, -0.2) is 25.1 Å². The van der Waals surface area contributed by atoms with Crippen LogP contribution in [0.4, 0.5) is 8.78 Å². The van der Waals surface area contributed by atoms with Gasteiger partial charge in [0.25, 0.3) is 5.91 Å². The number of amides is 1. The number of ether oxygens (including phenoxy) is 1. The molecular weight excluding hydrogens is 266 g/mol. The molecule has 4 nitrogen and oxygen atoms in total. The molecule has 1 aliphatic rings. The van der Waals surface area contributed by atoms with Crippen molar-refractivity contribution >= 4 is 5.91 Å². The van der Waals surface area contributed by atoms with Crippen molar-refractivity contribution < 1.29 is 18.3 Å². The van der Waals surface area contributed by atoms with Crippen LogP contribution in [0.25, 0.3) is 0 Å². The summed E-state index contributed by atoms with van der Waals surface area (Å²) in [6.45, 7) is -2.33. The predicted octanol–water partition coefficient (Wildman–Crippen LogP) is 2.15. The third-order valence-electron chi connectivity index (χ3n) is 3.45. The molecule has 6 heteroatoms. The van der Waals surface area contributed by atoms with Crippen LogP contribution < -0.4 is 15.8 Å². The fourth-order valence-electron chi connectivity index (χ4n) is 2.45. The average Bonchev–Trinajstić information content (AvgIpc) is 2.81. The Morgan fingerprint density at radius 3 is 2.90 bits per heavy atom. The number of nitrogens with one attached hydrogen (secondary N) is 1. The van der Waals surface area contributed by atoms with Crippen molar-refractivity contribution in [2.75, 3.05) is 6.54 Å². The van der Waals surface area contributed by atoms with Gasteiger partial charge in [-0.2, -0.15) is 8.78 Å². The molecule has 2 rings (SSSR count). The number of benzene rings is 1. The molecule has 1 fully saturated rings. The van der Waals surface area contributed by atoms with Gasteiger partial charge in [0.1, 0.15) is 5.75 Å². The van der Waals surface area contributed by atoms with Gasteiger partial charge in [-0.25, -0.2) is 0 Å². The zero-order valence-corrected chi connectivity index (χ0v) is 11.0. The summed E-state index contributed by atoms with van der Waals surface area (Å²) >= 11 is 0. The smallest absolute Gasteiger partial charge is 0.387 e. The maximum Gasteiger partial charge on any atom is 0.387 e. The summed E-state index contributed by atoms with van der Waals surface area (Å²) in [6.07, 6.45) is 2.91. The number of hydrogen-bond acceptors (Lipinski definition) is 3. The third-order valence-corrected chi connectivity index (χ3v) is 3.45. The molecule has 2 atom stereocenters. The number of alkyl halides is 2. The standard InChI is InChI=1S/C14H18F2N2O2/c15-14(16)20-12-3-1-2-10(7-12)13(19)18-8-9-4-5-11(17)6-9/h1-3,7,9,11,14H,4-6,8,17H2,(H,18,19). The summed E-state index contributed by atoms with van der Waals surface area (Å²) in [5.74, 6) is 0.0928. The molecule has 1 amide bonds. The van der Waals surface area contributed by atoms with E-state index < -0.39 is 6.61 Å². The Morgan fingerprint density at radius 2 is 2.25 bits per heavy atom. The Bertz CT molecular complexity index is 468. The van der Waals surface area contributed by atoms with Crippen molar-refractivity contribution in [2.45, 2.75) is 31.9 Å². The molecule has 0 heterocycles.